The van der Waals surface area contributed by atoms with Gasteiger partial charge in [-0.25, -0.2) is 0 Å². The molecule has 0 heterocycles. The van der Waals surface area contributed by atoms with Gasteiger partial charge in [-0.1, -0.05) is 22.6 Å². The van der Waals surface area contributed by atoms with Crippen LogP contribution in [0, 0.1) is 0 Å². The van der Waals surface area contributed by atoms with Gasteiger partial charge in [0.05, 0.1) is 3.26 Å². The van der Waals surface area contributed by atoms with Crippen molar-refractivity contribution in [2.45, 2.75) is 16.6 Å². The van der Waals surface area contributed by atoms with E-state index in [-0.39, 0.29) is 5.91 Å². The van der Waals surface area contributed by atoms with Crippen molar-refractivity contribution in [3.05, 3.63) is 0 Å². The van der Waals surface area contributed by atoms with Crippen LogP contribution in [0.15, 0.2) is 0 Å². The molecule has 0 saturated carbocycles. The van der Waals surface area contributed by atoms with Crippen LogP contribution in [-0.4, -0.2) is 15.7 Å². The lowest BCUT2D eigenvalue weighted by Crippen LogP contribution is -2.21. The molecule has 0 bridgehead atoms. The van der Waals surface area contributed by atoms with Gasteiger partial charge in [0.25, 0.3) is 0 Å². The summed E-state index contributed by atoms with van der Waals surface area (Å²) in [4.78, 5) is 10.3. The van der Waals surface area contributed by atoms with Gasteiger partial charge in [-0.15, -0.1) is 0 Å². The lowest BCUT2D eigenvalue weighted by atomic mass is 10.5. The van der Waals surface area contributed by atoms with Crippen molar-refractivity contribution < 1.29 is 4.79 Å². The Labute approximate surface area is 74.3 Å². The van der Waals surface area contributed by atoms with Gasteiger partial charge in [0.1, 0.15) is 0 Å². The molecule has 1 N–H and O–H groups in total. The highest BCUT2D eigenvalue weighted by Crippen LogP contribution is 2.07. The van der Waals surface area contributed by atoms with Gasteiger partial charge in [-0.05, 0) is 6.42 Å². The van der Waals surface area contributed by atoms with Crippen LogP contribution >= 0.6 is 35.2 Å². The maximum absolute atomic E-state index is 10.3. The van der Waals surface area contributed by atoms with E-state index in [1.54, 1.807) is 0 Å². The number of carbonyl (C=O) groups excluding carboxylic acids is 1. The van der Waals surface area contributed by atoms with Crippen LogP contribution in [0.3, 0.4) is 0 Å². The molecule has 4 heteroatoms. The average molecular weight is 259 g/mol. The van der Waals surface area contributed by atoms with Gasteiger partial charge >= 0.3 is 0 Å². The van der Waals surface area contributed by atoms with Crippen LogP contribution in [0.5, 0.6) is 0 Å². The highest BCUT2D eigenvalue weighted by Gasteiger charge is 1.95. The smallest absolute Gasteiger partial charge is 0.216 e. The summed E-state index contributed by atoms with van der Waals surface area (Å²) in [5, 5.41) is 2.68. The van der Waals surface area contributed by atoms with Crippen molar-refractivity contribution in [2.75, 3.05) is 6.54 Å². The fraction of sp³-hybridized carbons (Fsp3) is 0.800. The SMILES string of the molecule is CC(=O)NCCC(S)I. The average Bonchev–Trinajstić information content (AvgIpc) is 1.63. The predicted molar refractivity (Wildman–Crippen MR) is 50.1 cm³/mol. The summed E-state index contributed by atoms with van der Waals surface area (Å²) in [6, 6.07) is 0. The third kappa shape index (κ3) is 8.55. The van der Waals surface area contributed by atoms with Gasteiger partial charge in [-0.2, -0.15) is 12.6 Å². The molecule has 0 aromatic rings. The van der Waals surface area contributed by atoms with Crippen LogP contribution in [0.4, 0.5) is 0 Å². The molecule has 0 aliphatic carbocycles. The molecular formula is C5H10INOS. The molecule has 1 amide bonds. The minimum Gasteiger partial charge on any atom is -0.356 e. The van der Waals surface area contributed by atoms with E-state index in [1.165, 1.54) is 6.92 Å². The number of hydrogen-bond acceptors (Lipinski definition) is 2. The van der Waals surface area contributed by atoms with Gasteiger partial charge < -0.3 is 5.32 Å². The number of amides is 1. The van der Waals surface area contributed by atoms with Gasteiger partial charge in [0.2, 0.25) is 5.91 Å². The molecule has 1 unspecified atom stereocenters. The number of alkyl halides is 1. The first-order valence-electron chi connectivity index (χ1n) is 2.69. The maximum Gasteiger partial charge on any atom is 0.216 e. The Balaban J connectivity index is 3.01. The van der Waals surface area contributed by atoms with Crippen molar-refractivity contribution in [1.29, 1.82) is 0 Å². The number of carbonyl (C=O) groups is 1. The first-order valence-corrected chi connectivity index (χ1v) is 4.45. The Bertz CT molecular complexity index is 97.0. The molecule has 0 aliphatic heterocycles. The van der Waals surface area contributed by atoms with E-state index >= 15 is 0 Å². The third-order valence-corrected chi connectivity index (χ3v) is 1.64. The van der Waals surface area contributed by atoms with Gasteiger partial charge in [0.15, 0.2) is 0 Å². The molecule has 0 rings (SSSR count). The first kappa shape index (κ1) is 9.55. The summed E-state index contributed by atoms with van der Waals surface area (Å²) in [7, 11) is 0. The number of hydrogen-bond donors (Lipinski definition) is 2. The molecule has 0 fully saturated rings. The van der Waals surface area contributed by atoms with Crippen LogP contribution in [0.1, 0.15) is 13.3 Å². The molecule has 0 spiro atoms. The molecular weight excluding hydrogens is 249 g/mol. The Hall–Kier alpha value is 0.550. The first-order chi connectivity index (χ1) is 4.13. The number of halogens is 1. The summed E-state index contributed by atoms with van der Waals surface area (Å²) in [6.07, 6.45) is 0.920. The van der Waals surface area contributed by atoms with Crippen molar-refractivity contribution in [1.82, 2.24) is 5.32 Å². The second-order valence-corrected chi connectivity index (χ2v) is 4.82. The summed E-state index contributed by atoms with van der Waals surface area (Å²) >= 11 is 6.34. The zero-order valence-corrected chi connectivity index (χ0v) is 8.28. The molecule has 1 atom stereocenters. The van der Waals surface area contributed by atoms with Crippen molar-refractivity contribution >= 4 is 41.1 Å². The monoisotopic (exact) mass is 259 g/mol. The molecule has 2 nitrogen and oxygen atoms in total. The van der Waals surface area contributed by atoms with Crippen molar-refractivity contribution in [3.8, 4) is 0 Å². The van der Waals surface area contributed by atoms with Crippen LogP contribution in [-0.2, 0) is 4.79 Å². The minimum atomic E-state index is 0.0281. The minimum absolute atomic E-state index is 0.0281. The fourth-order valence-electron chi connectivity index (χ4n) is 0.367. The lowest BCUT2D eigenvalue weighted by molar-refractivity contribution is -0.118. The third-order valence-electron chi connectivity index (χ3n) is 0.756. The Morgan fingerprint density at radius 1 is 1.89 bits per heavy atom. The van der Waals surface area contributed by atoms with Crippen LogP contribution < -0.4 is 5.32 Å². The molecule has 54 valence electrons. The van der Waals surface area contributed by atoms with E-state index in [0.717, 1.165) is 13.0 Å². The molecule has 9 heavy (non-hydrogen) atoms. The highest BCUT2D eigenvalue weighted by atomic mass is 127. The second-order valence-electron chi connectivity index (χ2n) is 1.71. The molecule has 0 aliphatic rings. The van der Waals surface area contributed by atoms with Gasteiger partial charge in [-0.3, -0.25) is 4.79 Å². The van der Waals surface area contributed by atoms with E-state index in [4.69, 9.17) is 0 Å². The quantitative estimate of drug-likeness (QED) is 0.445. The summed E-state index contributed by atoms with van der Waals surface area (Å²) in [5.41, 5.74) is 0. The second kappa shape index (κ2) is 5.34. The summed E-state index contributed by atoms with van der Waals surface area (Å²) < 4.78 is 0.342. The van der Waals surface area contributed by atoms with Gasteiger partial charge in [0, 0.05) is 13.5 Å². The lowest BCUT2D eigenvalue weighted by Gasteiger charge is -2.01. The number of nitrogens with one attached hydrogen (secondary N) is 1. The normalized spacial score (nSPS) is 12.8. The highest BCUT2D eigenvalue weighted by molar-refractivity contribution is 14.1. The fourth-order valence-corrected chi connectivity index (χ4v) is 0.808. The van der Waals surface area contributed by atoms with E-state index < -0.39 is 0 Å². The van der Waals surface area contributed by atoms with Crippen molar-refractivity contribution in [3.63, 3.8) is 0 Å². The van der Waals surface area contributed by atoms with E-state index in [9.17, 15) is 4.79 Å². The van der Waals surface area contributed by atoms with Crippen molar-refractivity contribution in [2.24, 2.45) is 0 Å². The Morgan fingerprint density at radius 3 is 2.78 bits per heavy atom. The molecule has 0 aromatic heterocycles. The molecule has 0 aromatic carbocycles. The Kier molecular flexibility index (Phi) is 5.67. The zero-order chi connectivity index (χ0) is 7.28. The van der Waals surface area contributed by atoms with E-state index in [1.807, 2.05) is 0 Å². The largest absolute Gasteiger partial charge is 0.356 e. The number of rotatable bonds is 3. The summed E-state index contributed by atoms with van der Waals surface area (Å²) in [6.45, 7) is 2.24. The molecule has 0 saturated heterocycles. The van der Waals surface area contributed by atoms with Crippen LogP contribution in [0.2, 0.25) is 0 Å². The maximum atomic E-state index is 10.3. The van der Waals surface area contributed by atoms with Crippen LogP contribution in [0.25, 0.3) is 0 Å². The van der Waals surface area contributed by atoms with E-state index in [2.05, 4.69) is 40.5 Å². The standard InChI is InChI=1S/C5H10INOS/c1-4(8)7-3-2-5(6)9/h5,9H,2-3H2,1H3,(H,7,8). The predicted octanol–water partition coefficient (Wildman–Crippen LogP) is 1.20. The topological polar surface area (TPSA) is 29.1 Å². The molecule has 0 radical (unpaired) electrons. The van der Waals surface area contributed by atoms with E-state index in [0.29, 0.717) is 3.26 Å². The number of thiol groups is 1. The zero-order valence-electron chi connectivity index (χ0n) is 5.22. The summed E-state index contributed by atoms with van der Waals surface area (Å²) in [5.74, 6) is 0.0281. The Morgan fingerprint density at radius 2 is 2.44 bits per heavy atom.